The van der Waals surface area contributed by atoms with Crippen molar-refractivity contribution in [3.8, 4) is 5.75 Å². The highest BCUT2D eigenvalue weighted by atomic mass is 16.7. The van der Waals surface area contributed by atoms with Crippen LogP contribution in [-0.4, -0.2) is 42.8 Å². The summed E-state index contributed by atoms with van der Waals surface area (Å²) >= 11 is 0. The molecule has 0 radical (unpaired) electrons. The molecule has 2 unspecified atom stereocenters. The summed E-state index contributed by atoms with van der Waals surface area (Å²) in [6.07, 6.45) is 5.06. The molecule has 1 saturated carbocycles. The highest BCUT2D eigenvalue weighted by Gasteiger charge is 2.30. The number of nitro benzene ring substituents is 1. The number of carbonyl (C=O) groups excluding carboxylic acids is 2. The number of esters is 1. The van der Waals surface area contributed by atoms with Crippen LogP contribution in [0.1, 0.15) is 67.8 Å². The number of non-ortho nitro benzene ring substituents is 1. The Morgan fingerprint density at radius 2 is 1.92 bits per heavy atom. The van der Waals surface area contributed by atoms with E-state index in [0.29, 0.717) is 31.7 Å². The molecule has 0 bridgehead atoms. The highest BCUT2D eigenvalue weighted by molar-refractivity contribution is 6.00. The first-order chi connectivity index (χ1) is 18.9. The van der Waals surface area contributed by atoms with E-state index < -0.39 is 17.1 Å². The van der Waals surface area contributed by atoms with E-state index in [9.17, 15) is 19.7 Å². The summed E-state index contributed by atoms with van der Waals surface area (Å²) in [7, 11) is 1.40. The Morgan fingerprint density at radius 1 is 1.15 bits per heavy atom. The largest absolute Gasteiger partial charge is 0.469 e. The fraction of sp³-hybridized carbons (Fsp3) is 0.517. The summed E-state index contributed by atoms with van der Waals surface area (Å²) in [5.74, 6) is -0.0263. The average molecular weight is 540 g/mol. The molecule has 0 aromatic heterocycles. The molecule has 2 aliphatic rings. The Hall–Kier alpha value is -3.66. The van der Waals surface area contributed by atoms with Crippen molar-refractivity contribution in [2.75, 3.05) is 19.0 Å². The van der Waals surface area contributed by atoms with E-state index in [2.05, 4.69) is 17.6 Å². The van der Waals surface area contributed by atoms with Gasteiger partial charge in [0.2, 0.25) is 6.29 Å². The van der Waals surface area contributed by atoms with Gasteiger partial charge in [-0.25, -0.2) is 0 Å². The van der Waals surface area contributed by atoms with Crippen molar-refractivity contribution in [1.29, 1.82) is 0 Å². The third-order valence-electron chi connectivity index (χ3n) is 7.54. The van der Waals surface area contributed by atoms with Crippen LogP contribution in [0.15, 0.2) is 42.5 Å². The number of nitrogens with one attached hydrogen (secondary N) is 2. The Balaban J connectivity index is 1.45. The van der Waals surface area contributed by atoms with Gasteiger partial charge in [-0.15, -0.1) is 0 Å². The van der Waals surface area contributed by atoms with Crippen molar-refractivity contribution in [3.63, 3.8) is 0 Å². The van der Waals surface area contributed by atoms with Gasteiger partial charge in [-0.2, -0.15) is 0 Å². The Morgan fingerprint density at radius 3 is 2.64 bits per heavy atom. The number of hydrogen-bond acceptors (Lipinski definition) is 8. The number of nitrogens with zero attached hydrogens (tertiary/aromatic N) is 1. The molecule has 2 atom stereocenters. The summed E-state index contributed by atoms with van der Waals surface area (Å²) < 4.78 is 17.0. The third-order valence-corrected chi connectivity index (χ3v) is 7.54. The number of carbonyl (C=O) groups is 2. The van der Waals surface area contributed by atoms with Gasteiger partial charge in [0.1, 0.15) is 5.75 Å². The first-order valence-electron chi connectivity index (χ1n) is 13.7. The fourth-order valence-electron chi connectivity index (χ4n) is 5.24. The van der Waals surface area contributed by atoms with E-state index in [1.807, 2.05) is 24.3 Å². The lowest BCUT2D eigenvalue weighted by Gasteiger charge is -2.32. The Labute approximate surface area is 228 Å². The van der Waals surface area contributed by atoms with Crippen LogP contribution in [0.5, 0.6) is 5.75 Å². The van der Waals surface area contributed by atoms with Gasteiger partial charge < -0.3 is 24.8 Å². The van der Waals surface area contributed by atoms with Gasteiger partial charge in [0, 0.05) is 41.9 Å². The molecule has 4 rings (SSSR count). The molecule has 1 aliphatic carbocycles. The highest BCUT2D eigenvalue weighted by Crippen LogP contribution is 2.31. The van der Waals surface area contributed by atoms with Gasteiger partial charge in [-0.1, -0.05) is 38.0 Å². The monoisotopic (exact) mass is 539 g/mol. The van der Waals surface area contributed by atoms with Gasteiger partial charge in [0.05, 0.1) is 30.1 Å². The molecule has 39 heavy (non-hydrogen) atoms. The number of ether oxygens (including phenoxy) is 3. The van der Waals surface area contributed by atoms with E-state index in [0.717, 1.165) is 43.4 Å². The number of fused-ring (bicyclic) bond motifs is 1. The maximum Gasteiger partial charge on any atom is 0.308 e. The second-order valence-corrected chi connectivity index (χ2v) is 10.2. The molecule has 1 heterocycles. The quantitative estimate of drug-likeness (QED) is 0.226. The van der Waals surface area contributed by atoms with Gasteiger partial charge in [0.15, 0.2) is 0 Å². The number of rotatable bonds is 11. The second kappa shape index (κ2) is 13.4. The number of unbranched alkanes of at least 4 members (excludes halogenated alkanes) is 1. The minimum absolute atomic E-state index is 0.0420. The van der Waals surface area contributed by atoms with Crippen LogP contribution >= 0.6 is 0 Å². The summed E-state index contributed by atoms with van der Waals surface area (Å²) in [6.45, 7) is 2.85. The molecule has 0 saturated heterocycles. The molecule has 1 fully saturated rings. The molecule has 210 valence electrons. The van der Waals surface area contributed by atoms with Crippen LogP contribution in [0.3, 0.4) is 0 Å². The van der Waals surface area contributed by atoms with Crippen LogP contribution < -0.4 is 15.4 Å². The van der Waals surface area contributed by atoms with E-state index >= 15 is 0 Å². The zero-order valence-electron chi connectivity index (χ0n) is 22.5. The smallest absolute Gasteiger partial charge is 0.308 e. The number of nitro groups is 1. The normalized spacial score (nSPS) is 21.1. The van der Waals surface area contributed by atoms with Gasteiger partial charge in [-0.3, -0.25) is 19.7 Å². The van der Waals surface area contributed by atoms with Crippen molar-refractivity contribution < 1.29 is 28.7 Å². The van der Waals surface area contributed by atoms with Crippen LogP contribution in [0.4, 0.5) is 11.4 Å². The molecular weight excluding hydrogens is 502 g/mol. The number of amides is 1. The Bertz CT molecular complexity index is 1160. The lowest BCUT2D eigenvalue weighted by molar-refractivity contribution is -0.384. The fourth-order valence-corrected chi connectivity index (χ4v) is 5.24. The van der Waals surface area contributed by atoms with Crippen molar-refractivity contribution >= 4 is 23.3 Å². The van der Waals surface area contributed by atoms with Gasteiger partial charge in [0.25, 0.3) is 11.6 Å². The summed E-state index contributed by atoms with van der Waals surface area (Å²) in [5.41, 5.74) is 1.58. The SMILES string of the molecule is CCCCC(CNC(=O)c1cc([N+](=O)[O-])ccc1NC1CCC(C(=O)OC)CC1)C1OCc2ccccc2O1. The first kappa shape index (κ1) is 28.4. The van der Waals surface area contributed by atoms with Gasteiger partial charge >= 0.3 is 5.97 Å². The van der Waals surface area contributed by atoms with E-state index in [1.165, 1.54) is 19.2 Å². The molecule has 2 aromatic carbocycles. The van der Waals surface area contributed by atoms with Crippen LogP contribution in [0, 0.1) is 22.0 Å². The maximum atomic E-state index is 13.4. The second-order valence-electron chi connectivity index (χ2n) is 10.2. The number of anilines is 1. The summed E-state index contributed by atoms with van der Waals surface area (Å²) in [5, 5.41) is 17.8. The molecule has 1 aliphatic heterocycles. The molecule has 2 aromatic rings. The minimum Gasteiger partial charge on any atom is -0.469 e. The van der Waals surface area contributed by atoms with Gasteiger partial charge in [-0.05, 0) is 44.2 Å². The lowest BCUT2D eigenvalue weighted by atomic mass is 9.86. The number of benzene rings is 2. The molecule has 1 amide bonds. The van der Waals surface area contributed by atoms with Crippen LogP contribution in [-0.2, 0) is 20.9 Å². The predicted octanol–water partition coefficient (Wildman–Crippen LogP) is 5.21. The molecule has 2 N–H and O–H groups in total. The first-order valence-corrected chi connectivity index (χ1v) is 13.7. The van der Waals surface area contributed by atoms with E-state index in [-0.39, 0.29) is 35.1 Å². The predicted molar refractivity (Wildman–Crippen MR) is 145 cm³/mol. The van der Waals surface area contributed by atoms with Crippen molar-refractivity contribution in [3.05, 3.63) is 63.7 Å². The van der Waals surface area contributed by atoms with Crippen LogP contribution in [0.25, 0.3) is 0 Å². The molecule has 0 spiro atoms. The zero-order chi connectivity index (χ0) is 27.8. The Kier molecular flexibility index (Phi) is 9.75. The maximum absolute atomic E-state index is 13.4. The average Bonchev–Trinajstić information content (AvgIpc) is 2.97. The van der Waals surface area contributed by atoms with Crippen molar-refractivity contribution in [2.24, 2.45) is 11.8 Å². The number of para-hydroxylation sites is 1. The third kappa shape index (κ3) is 7.26. The molecule has 10 nitrogen and oxygen atoms in total. The minimum atomic E-state index is -0.507. The molecule has 10 heteroatoms. The standard InChI is InChI=1S/C29H37N3O7/c1-3-4-7-20(29-38-18-21-8-5-6-9-26(21)39-29)17-30-27(33)24-16-23(32(35)36)14-15-25(24)31-22-12-10-19(11-13-22)28(34)37-2/h5-6,8-9,14-16,19-20,22,29,31H,3-4,7,10-13,17-18H2,1-2H3,(H,30,33). The van der Waals surface area contributed by atoms with E-state index in [1.54, 1.807) is 6.07 Å². The molecular formula is C29H37N3O7. The number of methoxy groups -OCH3 is 1. The summed E-state index contributed by atoms with van der Waals surface area (Å²) in [6, 6.07) is 12.1. The topological polar surface area (TPSA) is 129 Å². The van der Waals surface area contributed by atoms with Crippen molar-refractivity contribution in [2.45, 2.75) is 70.8 Å². The lowest BCUT2D eigenvalue weighted by Crippen LogP contribution is -2.41. The van der Waals surface area contributed by atoms with Crippen LogP contribution in [0.2, 0.25) is 0 Å². The van der Waals surface area contributed by atoms with E-state index in [4.69, 9.17) is 14.2 Å². The van der Waals surface area contributed by atoms with Crippen molar-refractivity contribution in [1.82, 2.24) is 5.32 Å². The number of hydrogen-bond donors (Lipinski definition) is 2. The zero-order valence-corrected chi connectivity index (χ0v) is 22.5. The summed E-state index contributed by atoms with van der Waals surface area (Å²) in [4.78, 5) is 36.2.